The molecule has 5 aromatic carbocycles. The van der Waals surface area contributed by atoms with Crippen molar-refractivity contribution in [3.8, 4) is 11.1 Å². The van der Waals surface area contributed by atoms with E-state index in [-0.39, 0.29) is 0 Å². The van der Waals surface area contributed by atoms with Crippen LogP contribution in [0.2, 0.25) is 0 Å². The lowest BCUT2D eigenvalue weighted by molar-refractivity contribution is 0.970. The van der Waals surface area contributed by atoms with Gasteiger partial charge >= 0.3 is 0 Å². The first-order valence-corrected chi connectivity index (χ1v) is 11.8. The fourth-order valence-corrected chi connectivity index (χ4v) is 4.70. The molecule has 5 aromatic rings. The van der Waals surface area contributed by atoms with Crippen molar-refractivity contribution in [3.63, 3.8) is 0 Å². The minimum Gasteiger partial charge on any atom is -0.375 e. The Balaban J connectivity index is 1.59. The van der Waals surface area contributed by atoms with Crippen LogP contribution in [0.5, 0.6) is 0 Å². The Labute approximate surface area is 196 Å². The predicted octanol–water partition coefficient (Wildman–Crippen LogP) is 8.27. The largest absolute Gasteiger partial charge is 0.375 e. The second-order valence-corrected chi connectivity index (χ2v) is 8.52. The maximum Gasteiger partial charge on any atom is 0.0490 e. The van der Waals surface area contributed by atoms with E-state index in [2.05, 4.69) is 134 Å². The second-order valence-electron chi connectivity index (χ2n) is 8.52. The van der Waals surface area contributed by atoms with Crippen molar-refractivity contribution in [1.29, 1.82) is 0 Å². The molecule has 0 aliphatic heterocycles. The van der Waals surface area contributed by atoms with E-state index < -0.39 is 0 Å². The highest BCUT2D eigenvalue weighted by Gasteiger charge is 2.14. The molecule has 164 valence electrons. The van der Waals surface area contributed by atoms with E-state index in [1.165, 1.54) is 49.7 Å². The first kappa shape index (κ1) is 21.1. The van der Waals surface area contributed by atoms with Gasteiger partial charge in [0.15, 0.2) is 0 Å². The Morgan fingerprint density at radius 3 is 1.85 bits per heavy atom. The molecule has 0 bridgehead atoms. The zero-order chi connectivity index (χ0) is 22.8. The van der Waals surface area contributed by atoms with Gasteiger partial charge in [0.1, 0.15) is 0 Å². The number of rotatable bonds is 6. The van der Waals surface area contributed by atoms with Gasteiger partial charge in [-0.25, -0.2) is 0 Å². The summed E-state index contributed by atoms with van der Waals surface area (Å²) in [4.78, 5) is 4.68. The summed E-state index contributed by atoms with van der Waals surface area (Å²) in [6.45, 7) is 6.30. The third kappa shape index (κ3) is 3.93. The topological polar surface area (TPSA) is 6.48 Å². The van der Waals surface area contributed by atoms with Crippen molar-refractivity contribution in [2.75, 3.05) is 29.9 Å². The van der Waals surface area contributed by atoms with Crippen LogP contribution < -0.4 is 9.80 Å². The summed E-state index contributed by atoms with van der Waals surface area (Å²) >= 11 is 0. The highest BCUT2D eigenvalue weighted by molar-refractivity contribution is 6.09. The monoisotopic (exact) mass is 430 g/mol. The van der Waals surface area contributed by atoms with Crippen LogP contribution in [0.4, 0.5) is 17.1 Å². The van der Waals surface area contributed by atoms with Crippen LogP contribution in [-0.4, -0.2) is 20.1 Å². The van der Waals surface area contributed by atoms with Crippen molar-refractivity contribution < 1.29 is 0 Å². The normalized spacial score (nSPS) is 11.1. The summed E-state index contributed by atoms with van der Waals surface area (Å²) in [6, 6.07) is 37.5. The molecule has 0 saturated heterocycles. The molecule has 0 atom stereocenters. The Morgan fingerprint density at radius 1 is 0.576 bits per heavy atom. The molecular formula is C31H30N2. The minimum absolute atomic E-state index is 0.898. The number of hydrogen-bond donors (Lipinski definition) is 0. The average molecular weight is 431 g/mol. The smallest absolute Gasteiger partial charge is 0.0490 e. The number of fused-ring (bicyclic) bond motifs is 3. The molecule has 5 rings (SSSR count). The lowest BCUT2D eigenvalue weighted by Crippen LogP contribution is -2.16. The molecule has 0 spiro atoms. The average Bonchev–Trinajstić information content (AvgIpc) is 2.89. The third-order valence-electron chi connectivity index (χ3n) is 6.63. The standard InChI is InChI=1S/C31H30N2/c1-4-32(3)26-17-19-28-24(21-26)15-16-25-22-27(18-20-29(25)28)33(5-2)31-14-10-9-13-30(31)23-11-7-6-8-12-23/h6-22H,4-5H2,1-3H3. The maximum absolute atomic E-state index is 2.41. The quantitative estimate of drug-likeness (QED) is 0.250. The molecule has 2 nitrogen and oxygen atoms in total. The van der Waals surface area contributed by atoms with Gasteiger partial charge in [0.2, 0.25) is 0 Å². The van der Waals surface area contributed by atoms with Gasteiger partial charge in [-0.2, -0.15) is 0 Å². The number of nitrogens with zero attached hydrogens (tertiary/aromatic N) is 2. The van der Waals surface area contributed by atoms with Gasteiger partial charge in [-0.15, -0.1) is 0 Å². The van der Waals surface area contributed by atoms with Crippen LogP contribution >= 0.6 is 0 Å². The van der Waals surface area contributed by atoms with E-state index >= 15 is 0 Å². The lowest BCUT2D eigenvalue weighted by Gasteiger charge is -2.26. The Hall–Kier alpha value is -3.78. The Kier molecular flexibility index (Phi) is 5.75. The lowest BCUT2D eigenvalue weighted by atomic mass is 9.99. The summed E-state index contributed by atoms with van der Waals surface area (Å²) in [6.07, 6.45) is 0. The first-order chi connectivity index (χ1) is 16.2. The summed E-state index contributed by atoms with van der Waals surface area (Å²) in [5.41, 5.74) is 6.21. The molecule has 0 aromatic heterocycles. The van der Waals surface area contributed by atoms with Crippen LogP contribution in [0.1, 0.15) is 13.8 Å². The zero-order valence-corrected chi connectivity index (χ0v) is 19.6. The van der Waals surface area contributed by atoms with Crippen LogP contribution in [0.15, 0.2) is 103 Å². The molecule has 0 radical (unpaired) electrons. The molecule has 2 heteroatoms. The van der Waals surface area contributed by atoms with Crippen LogP contribution in [0.3, 0.4) is 0 Å². The Morgan fingerprint density at radius 2 is 1.18 bits per heavy atom. The Bertz CT molecular complexity index is 1410. The van der Waals surface area contributed by atoms with E-state index in [9.17, 15) is 0 Å². The number of para-hydroxylation sites is 1. The van der Waals surface area contributed by atoms with E-state index in [0.717, 1.165) is 13.1 Å². The molecule has 0 unspecified atom stereocenters. The van der Waals surface area contributed by atoms with Crippen LogP contribution in [0.25, 0.3) is 32.7 Å². The van der Waals surface area contributed by atoms with Crippen molar-refractivity contribution in [1.82, 2.24) is 0 Å². The second kappa shape index (κ2) is 8.99. The third-order valence-corrected chi connectivity index (χ3v) is 6.63. The molecule has 0 N–H and O–H groups in total. The van der Waals surface area contributed by atoms with Crippen molar-refractivity contribution in [2.24, 2.45) is 0 Å². The molecule has 0 aliphatic rings. The van der Waals surface area contributed by atoms with Crippen LogP contribution in [0, 0.1) is 0 Å². The summed E-state index contributed by atoms with van der Waals surface area (Å²) < 4.78 is 0. The molecule has 0 fully saturated rings. The number of hydrogen-bond acceptors (Lipinski definition) is 2. The molecule has 0 heterocycles. The van der Waals surface area contributed by atoms with E-state index in [1.54, 1.807) is 0 Å². The highest BCUT2D eigenvalue weighted by atomic mass is 15.1. The van der Waals surface area contributed by atoms with Crippen molar-refractivity contribution >= 4 is 38.6 Å². The van der Waals surface area contributed by atoms with E-state index in [1.807, 2.05) is 0 Å². The van der Waals surface area contributed by atoms with Gasteiger partial charge in [-0.05, 0) is 71.3 Å². The van der Waals surface area contributed by atoms with Crippen molar-refractivity contribution in [3.05, 3.63) is 103 Å². The van der Waals surface area contributed by atoms with Gasteiger partial charge in [-0.1, -0.05) is 72.8 Å². The molecule has 33 heavy (non-hydrogen) atoms. The molecular weight excluding hydrogens is 400 g/mol. The first-order valence-electron chi connectivity index (χ1n) is 11.8. The van der Waals surface area contributed by atoms with Gasteiger partial charge in [0.05, 0.1) is 0 Å². The minimum atomic E-state index is 0.898. The number of benzene rings is 5. The van der Waals surface area contributed by atoms with Gasteiger partial charge in [0, 0.05) is 42.8 Å². The van der Waals surface area contributed by atoms with Crippen molar-refractivity contribution in [2.45, 2.75) is 13.8 Å². The van der Waals surface area contributed by atoms with Gasteiger partial charge in [0.25, 0.3) is 0 Å². The fraction of sp³-hybridized carbons (Fsp3) is 0.161. The van der Waals surface area contributed by atoms with E-state index in [0.29, 0.717) is 0 Å². The fourth-order valence-electron chi connectivity index (χ4n) is 4.70. The SMILES string of the molecule is CCN(C)c1ccc2c(ccc3cc(N(CC)c4ccccc4-c4ccccc4)ccc32)c1. The molecule has 0 amide bonds. The predicted molar refractivity (Wildman–Crippen MR) is 145 cm³/mol. The summed E-state index contributed by atoms with van der Waals surface area (Å²) in [5.74, 6) is 0. The van der Waals surface area contributed by atoms with E-state index in [4.69, 9.17) is 0 Å². The van der Waals surface area contributed by atoms with Gasteiger partial charge in [-0.3, -0.25) is 0 Å². The maximum atomic E-state index is 2.41. The van der Waals surface area contributed by atoms with Gasteiger partial charge < -0.3 is 9.80 Å². The number of anilines is 3. The summed E-state index contributed by atoms with van der Waals surface area (Å²) in [5, 5.41) is 5.16. The van der Waals surface area contributed by atoms with Crippen LogP contribution in [-0.2, 0) is 0 Å². The zero-order valence-electron chi connectivity index (χ0n) is 19.6. The molecule has 0 aliphatic carbocycles. The highest BCUT2D eigenvalue weighted by Crippen LogP contribution is 2.37. The summed E-state index contributed by atoms with van der Waals surface area (Å²) in [7, 11) is 2.14. The molecule has 0 saturated carbocycles.